The molecule has 0 saturated carbocycles. The van der Waals surface area contributed by atoms with E-state index in [4.69, 9.17) is 4.74 Å². The van der Waals surface area contributed by atoms with Gasteiger partial charge in [0.15, 0.2) is 11.6 Å². The van der Waals surface area contributed by atoms with Gasteiger partial charge in [-0.15, -0.1) is 0 Å². The van der Waals surface area contributed by atoms with Crippen LogP contribution in [0.5, 0.6) is 5.75 Å². The topological polar surface area (TPSA) is 44.8 Å². The Morgan fingerprint density at radius 1 is 1.20 bits per heavy atom. The first-order chi connectivity index (χ1) is 14.4. The van der Waals surface area contributed by atoms with Crippen LogP contribution in [0.15, 0.2) is 36.4 Å². The van der Waals surface area contributed by atoms with E-state index in [-0.39, 0.29) is 36.4 Å². The minimum absolute atomic E-state index is 0.0230. The molecule has 0 unspecified atom stereocenters. The van der Waals surface area contributed by atoms with Gasteiger partial charge in [0.2, 0.25) is 0 Å². The minimum Gasteiger partial charge on any atom is -0.494 e. The van der Waals surface area contributed by atoms with Crippen LogP contribution in [-0.4, -0.2) is 49.6 Å². The van der Waals surface area contributed by atoms with E-state index < -0.39 is 17.5 Å². The van der Waals surface area contributed by atoms with E-state index in [1.165, 1.54) is 36.3 Å². The third-order valence-electron chi connectivity index (χ3n) is 5.29. The van der Waals surface area contributed by atoms with Crippen molar-refractivity contribution < 1.29 is 22.7 Å². The third-order valence-corrected chi connectivity index (χ3v) is 5.29. The maximum absolute atomic E-state index is 14.2. The highest BCUT2D eigenvalue weighted by Gasteiger charge is 2.25. The number of carbonyl (C=O) groups is 1. The van der Waals surface area contributed by atoms with E-state index in [0.717, 1.165) is 25.6 Å². The summed E-state index contributed by atoms with van der Waals surface area (Å²) in [5.41, 5.74) is 0.823. The summed E-state index contributed by atoms with van der Waals surface area (Å²) in [5.74, 6) is -1.46. The molecule has 2 amide bonds. The lowest BCUT2D eigenvalue weighted by Crippen LogP contribution is -2.42. The molecule has 0 radical (unpaired) electrons. The number of likely N-dealkylation sites (tertiary alicyclic amines) is 1. The van der Waals surface area contributed by atoms with Crippen LogP contribution in [0.1, 0.15) is 17.5 Å². The Bertz CT molecular complexity index is 894. The van der Waals surface area contributed by atoms with Gasteiger partial charge in [-0.25, -0.2) is 18.0 Å². The molecule has 30 heavy (non-hydrogen) atoms. The number of carbonyl (C=O) groups excluding carboxylic acids is 1. The van der Waals surface area contributed by atoms with Gasteiger partial charge in [0.25, 0.3) is 0 Å². The zero-order chi connectivity index (χ0) is 21.7. The summed E-state index contributed by atoms with van der Waals surface area (Å²) in [6, 6.07) is 7.42. The van der Waals surface area contributed by atoms with Crippen LogP contribution in [-0.2, 0) is 13.1 Å². The van der Waals surface area contributed by atoms with Crippen LogP contribution in [0.4, 0.5) is 18.0 Å². The van der Waals surface area contributed by atoms with Crippen molar-refractivity contribution in [3.05, 3.63) is 65.0 Å². The van der Waals surface area contributed by atoms with Gasteiger partial charge >= 0.3 is 6.03 Å². The lowest BCUT2D eigenvalue weighted by Gasteiger charge is -2.26. The van der Waals surface area contributed by atoms with Crippen molar-refractivity contribution in [1.29, 1.82) is 0 Å². The van der Waals surface area contributed by atoms with Crippen LogP contribution < -0.4 is 10.1 Å². The summed E-state index contributed by atoms with van der Waals surface area (Å²) < 4.78 is 46.2. The number of urea groups is 1. The average Bonchev–Trinajstić information content (AvgIpc) is 3.12. The molecule has 3 rings (SSSR count). The molecule has 2 aromatic rings. The zero-order valence-corrected chi connectivity index (χ0v) is 17.1. The van der Waals surface area contributed by atoms with Gasteiger partial charge < -0.3 is 19.9 Å². The van der Waals surface area contributed by atoms with Gasteiger partial charge in [0, 0.05) is 31.3 Å². The molecule has 8 heteroatoms. The largest absolute Gasteiger partial charge is 0.494 e. The van der Waals surface area contributed by atoms with E-state index in [1.54, 1.807) is 6.07 Å². The lowest BCUT2D eigenvalue weighted by atomic mass is 10.1. The normalized spacial score (nSPS) is 16.5. The van der Waals surface area contributed by atoms with Crippen molar-refractivity contribution in [3.63, 3.8) is 0 Å². The molecular weight excluding hydrogens is 395 g/mol. The standard InChI is InChI=1S/C22H26F3N3O2/c1-27-8-7-16(12-27)13-28(14-17-4-5-18(23)10-19(17)24)22(29)26-11-15-3-6-21(30-2)20(25)9-15/h3-6,9-10,16H,7-8,11-14H2,1-2H3,(H,26,29)/t16-/m1/s1. The number of rotatable bonds is 7. The molecule has 1 fully saturated rings. The smallest absolute Gasteiger partial charge is 0.317 e. The molecule has 5 nitrogen and oxygen atoms in total. The number of nitrogens with zero attached hydrogens (tertiary/aromatic N) is 2. The fraction of sp³-hybridized carbons (Fsp3) is 0.409. The molecule has 1 aliphatic heterocycles. The van der Waals surface area contributed by atoms with Crippen LogP contribution >= 0.6 is 0 Å². The van der Waals surface area contributed by atoms with Crippen molar-refractivity contribution in [2.45, 2.75) is 19.5 Å². The van der Waals surface area contributed by atoms with E-state index in [9.17, 15) is 18.0 Å². The Kier molecular flexibility index (Phi) is 7.20. The summed E-state index contributed by atoms with van der Waals surface area (Å²) in [5, 5.41) is 2.77. The monoisotopic (exact) mass is 421 g/mol. The van der Waals surface area contributed by atoms with Crippen molar-refractivity contribution in [3.8, 4) is 5.75 Å². The Hall–Kier alpha value is -2.74. The lowest BCUT2D eigenvalue weighted by molar-refractivity contribution is 0.183. The highest BCUT2D eigenvalue weighted by atomic mass is 19.1. The number of benzene rings is 2. The fourth-order valence-electron chi connectivity index (χ4n) is 3.67. The molecule has 1 N–H and O–H groups in total. The molecule has 0 aliphatic carbocycles. The average molecular weight is 421 g/mol. The molecule has 0 aromatic heterocycles. The van der Waals surface area contributed by atoms with Gasteiger partial charge in [-0.3, -0.25) is 0 Å². The molecule has 1 aliphatic rings. The molecule has 2 aromatic carbocycles. The van der Waals surface area contributed by atoms with Crippen molar-refractivity contribution >= 4 is 6.03 Å². The quantitative estimate of drug-likeness (QED) is 0.740. The van der Waals surface area contributed by atoms with Crippen molar-refractivity contribution in [2.75, 3.05) is 33.8 Å². The Morgan fingerprint density at radius 3 is 2.63 bits per heavy atom. The number of hydrogen-bond donors (Lipinski definition) is 1. The SMILES string of the molecule is COc1ccc(CNC(=O)N(Cc2ccc(F)cc2F)C[C@@H]2CCN(C)C2)cc1F. The molecule has 1 atom stereocenters. The zero-order valence-electron chi connectivity index (χ0n) is 17.1. The maximum Gasteiger partial charge on any atom is 0.317 e. The Morgan fingerprint density at radius 2 is 2.00 bits per heavy atom. The van der Waals surface area contributed by atoms with E-state index in [1.807, 2.05) is 7.05 Å². The number of methoxy groups -OCH3 is 1. The molecule has 1 heterocycles. The third kappa shape index (κ3) is 5.66. The van der Waals surface area contributed by atoms with Gasteiger partial charge in [0.1, 0.15) is 11.6 Å². The summed E-state index contributed by atoms with van der Waals surface area (Å²) in [7, 11) is 3.40. The summed E-state index contributed by atoms with van der Waals surface area (Å²) in [6.45, 7) is 2.38. The summed E-state index contributed by atoms with van der Waals surface area (Å²) in [4.78, 5) is 16.6. The first-order valence-electron chi connectivity index (χ1n) is 9.83. The summed E-state index contributed by atoms with van der Waals surface area (Å²) in [6.07, 6.45) is 0.940. The summed E-state index contributed by atoms with van der Waals surface area (Å²) >= 11 is 0. The fourth-order valence-corrected chi connectivity index (χ4v) is 3.67. The van der Waals surface area contributed by atoms with Crippen molar-refractivity contribution in [1.82, 2.24) is 15.1 Å². The molecule has 0 bridgehead atoms. The Balaban J connectivity index is 1.69. The number of ether oxygens (including phenoxy) is 1. The second-order valence-corrected chi connectivity index (χ2v) is 7.66. The van der Waals surface area contributed by atoms with E-state index in [2.05, 4.69) is 10.2 Å². The second kappa shape index (κ2) is 9.84. The van der Waals surface area contributed by atoms with Crippen LogP contribution in [0.25, 0.3) is 0 Å². The highest BCUT2D eigenvalue weighted by Crippen LogP contribution is 2.20. The first kappa shape index (κ1) is 22.0. The number of halogens is 3. The van der Waals surface area contributed by atoms with Crippen LogP contribution in [0.2, 0.25) is 0 Å². The number of amides is 2. The van der Waals surface area contributed by atoms with Gasteiger partial charge in [-0.1, -0.05) is 12.1 Å². The predicted octanol–water partition coefficient (Wildman–Crippen LogP) is 3.78. The maximum atomic E-state index is 14.2. The molecular formula is C22H26F3N3O2. The van der Waals surface area contributed by atoms with Crippen LogP contribution in [0, 0.1) is 23.4 Å². The Labute approximate surface area is 174 Å². The van der Waals surface area contributed by atoms with E-state index >= 15 is 0 Å². The minimum atomic E-state index is -0.687. The number of nitrogens with one attached hydrogen (secondary N) is 1. The van der Waals surface area contributed by atoms with E-state index in [0.29, 0.717) is 12.1 Å². The molecule has 162 valence electrons. The van der Waals surface area contributed by atoms with Gasteiger partial charge in [-0.2, -0.15) is 0 Å². The number of hydrogen-bond acceptors (Lipinski definition) is 3. The van der Waals surface area contributed by atoms with Gasteiger partial charge in [-0.05, 0) is 49.7 Å². The predicted molar refractivity (Wildman–Crippen MR) is 108 cm³/mol. The molecule has 0 spiro atoms. The van der Waals surface area contributed by atoms with Crippen LogP contribution in [0.3, 0.4) is 0 Å². The first-order valence-corrected chi connectivity index (χ1v) is 9.83. The van der Waals surface area contributed by atoms with Crippen molar-refractivity contribution in [2.24, 2.45) is 5.92 Å². The second-order valence-electron chi connectivity index (χ2n) is 7.66. The highest BCUT2D eigenvalue weighted by molar-refractivity contribution is 5.74. The van der Waals surface area contributed by atoms with Gasteiger partial charge in [0.05, 0.1) is 13.7 Å². The molecule has 1 saturated heterocycles.